The Morgan fingerprint density at radius 2 is 2.04 bits per heavy atom. The summed E-state index contributed by atoms with van der Waals surface area (Å²) in [6.07, 6.45) is 2.58. The van der Waals surface area contributed by atoms with Crippen LogP contribution >= 0.6 is 0 Å². The van der Waals surface area contributed by atoms with Crippen molar-refractivity contribution in [3.05, 3.63) is 41.8 Å². The van der Waals surface area contributed by atoms with Gasteiger partial charge in [-0.2, -0.15) is 0 Å². The number of carboxylic acids is 1. The highest BCUT2D eigenvalue weighted by molar-refractivity contribution is 5.89. The summed E-state index contributed by atoms with van der Waals surface area (Å²) in [5.74, 6) is -1.37. The van der Waals surface area contributed by atoms with E-state index < -0.39 is 11.8 Å². The van der Waals surface area contributed by atoms with Crippen molar-refractivity contribution in [3.63, 3.8) is 0 Å². The Morgan fingerprint density at radius 3 is 2.69 bits per heavy atom. The number of halogens is 1. The maximum atomic E-state index is 14.2. The molecule has 2 N–H and O–H groups in total. The number of aromatic nitrogens is 2. The molecular formula is C18H19FN4O3. The lowest BCUT2D eigenvalue weighted by molar-refractivity contribution is -0.129. The molecule has 0 bridgehead atoms. The average molecular weight is 358 g/mol. The number of hydrogen-bond acceptors (Lipinski definition) is 5. The van der Waals surface area contributed by atoms with E-state index in [1.807, 2.05) is 0 Å². The van der Waals surface area contributed by atoms with Crippen LogP contribution in [0.3, 0.4) is 0 Å². The number of hydrogen-bond donors (Lipinski definition) is 2. The third-order valence-corrected chi connectivity index (χ3v) is 4.40. The van der Waals surface area contributed by atoms with Gasteiger partial charge in [-0.3, -0.25) is 4.79 Å². The molecule has 26 heavy (non-hydrogen) atoms. The first-order valence-corrected chi connectivity index (χ1v) is 8.32. The molecule has 1 aliphatic heterocycles. The summed E-state index contributed by atoms with van der Waals surface area (Å²) in [4.78, 5) is 32.5. The van der Waals surface area contributed by atoms with Crippen molar-refractivity contribution in [1.82, 2.24) is 14.9 Å². The van der Waals surface area contributed by atoms with Crippen LogP contribution in [0.2, 0.25) is 0 Å². The topological polar surface area (TPSA) is 95.4 Å². The molecule has 2 aromatic rings. The predicted octanol–water partition coefficient (Wildman–Crippen LogP) is 2.40. The third kappa shape index (κ3) is 3.96. The van der Waals surface area contributed by atoms with Gasteiger partial charge in [0.15, 0.2) is 5.82 Å². The number of carboxylic acid groups (broad SMARTS) is 1. The molecule has 1 aromatic carbocycles. The summed E-state index contributed by atoms with van der Waals surface area (Å²) < 4.78 is 14.2. The van der Waals surface area contributed by atoms with Crippen molar-refractivity contribution in [2.75, 3.05) is 18.4 Å². The number of aromatic carboxylic acids is 1. The van der Waals surface area contributed by atoms with E-state index in [-0.39, 0.29) is 29.2 Å². The number of amides is 1. The van der Waals surface area contributed by atoms with Gasteiger partial charge < -0.3 is 15.3 Å². The van der Waals surface area contributed by atoms with Crippen molar-refractivity contribution in [2.45, 2.75) is 25.8 Å². The van der Waals surface area contributed by atoms with Gasteiger partial charge in [0.25, 0.3) is 0 Å². The molecule has 1 aromatic heterocycles. The number of carbonyl (C=O) groups is 2. The first-order valence-electron chi connectivity index (χ1n) is 8.32. The molecule has 0 aliphatic carbocycles. The van der Waals surface area contributed by atoms with Crippen LogP contribution in [0.25, 0.3) is 11.3 Å². The highest BCUT2D eigenvalue weighted by atomic mass is 19.1. The number of anilines is 1. The second-order valence-electron chi connectivity index (χ2n) is 6.20. The SMILES string of the molecule is CC(=O)N1CCC(Nc2ncc(F)c(-c3cccc(C(=O)O)c3)n2)CC1. The summed E-state index contributed by atoms with van der Waals surface area (Å²) in [6.45, 7) is 2.86. The standard InChI is InChI=1S/C18H19FN4O3/c1-11(24)23-7-5-14(6-8-23)21-18-20-10-15(19)16(22-18)12-3-2-4-13(9-12)17(25)26/h2-4,9-10,14H,5-8H2,1H3,(H,25,26)(H,20,21,22). The number of piperidine rings is 1. The zero-order valence-corrected chi connectivity index (χ0v) is 14.3. The van der Waals surface area contributed by atoms with Gasteiger partial charge >= 0.3 is 5.97 Å². The number of nitrogens with one attached hydrogen (secondary N) is 1. The van der Waals surface area contributed by atoms with E-state index in [4.69, 9.17) is 5.11 Å². The Hall–Kier alpha value is -3.03. The number of nitrogens with zero attached hydrogens (tertiary/aromatic N) is 3. The van der Waals surface area contributed by atoms with Gasteiger partial charge in [-0.25, -0.2) is 19.2 Å². The first kappa shape index (κ1) is 17.8. The Labute approximate surface area is 149 Å². The molecule has 1 amide bonds. The summed E-state index contributed by atoms with van der Waals surface area (Å²) in [6, 6.07) is 6.06. The van der Waals surface area contributed by atoms with Gasteiger partial charge in [0.1, 0.15) is 5.69 Å². The predicted molar refractivity (Wildman–Crippen MR) is 93.3 cm³/mol. The minimum Gasteiger partial charge on any atom is -0.478 e. The van der Waals surface area contributed by atoms with Crippen molar-refractivity contribution in [3.8, 4) is 11.3 Å². The second-order valence-corrected chi connectivity index (χ2v) is 6.20. The van der Waals surface area contributed by atoms with Crippen LogP contribution in [0, 0.1) is 5.82 Å². The third-order valence-electron chi connectivity index (χ3n) is 4.40. The number of carbonyl (C=O) groups excluding carboxylic acids is 1. The Balaban J connectivity index is 1.77. The van der Waals surface area contributed by atoms with Crippen molar-refractivity contribution < 1.29 is 19.1 Å². The Bertz CT molecular complexity index is 835. The number of benzene rings is 1. The minimum atomic E-state index is -1.09. The van der Waals surface area contributed by atoms with Crippen molar-refractivity contribution in [1.29, 1.82) is 0 Å². The summed E-state index contributed by atoms with van der Waals surface area (Å²) in [5.41, 5.74) is 0.484. The van der Waals surface area contributed by atoms with E-state index in [9.17, 15) is 14.0 Å². The van der Waals surface area contributed by atoms with Gasteiger partial charge in [0, 0.05) is 31.6 Å². The maximum absolute atomic E-state index is 14.2. The van der Waals surface area contributed by atoms with Crippen LogP contribution < -0.4 is 5.32 Å². The Kier molecular flexibility index (Phi) is 5.11. The molecule has 0 unspecified atom stereocenters. The van der Waals surface area contributed by atoms with Crippen molar-refractivity contribution in [2.24, 2.45) is 0 Å². The highest BCUT2D eigenvalue weighted by Crippen LogP contribution is 2.23. The molecular weight excluding hydrogens is 339 g/mol. The quantitative estimate of drug-likeness (QED) is 0.871. The maximum Gasteiger partial charge on any atom is 0.335 e. The molecule has 136 valence electrons. The first-order chi connectivity index (χ1) is 12.4. The fraction of sp³-hybridized carbons (Fsp3) is 0.333. The van der Waals surface area contributed by atoms with Crippen LogP contribution in [0.4, 0.5) is 10.3 Å². The lowest BCUT2D eigenvalue weighted by Gasteiger charge is -2.31. The molecule has 0 saturated carbocycles. The molecule has 2 heterocycles. The van der Waals surface area contributed by atoms with E-state index in [1.165, 1.54) is 12.1 Å². The minimum absolute atomic E-state index is 0.0479. The van der Waals surface area contributed by atoms with Crippen LogP contribution in [0.1, 0.15) is 30.1 Å². The van der Waals surface area contributed by atoms with Crippen LogP contribution in [0.15, 0.2) is 30.5 Å². The zero-order chi connectivity index (χ0) is 18.7. The molecule has 1 fully saturated rings. The van der Waals surface area contributed by atoms with Crippen LogP contribution in [0.5, 0.6) is 0 Å². The largest absolute Gasteiger partial charge is 0.478 e. The van der Waals surface area contributed by atoms with Gasteiger partial charge in [-0.1, -0.05) is 12.1 Å². The molecule has 0 spiro atoms. The van der Waals surface area contributed by atoms with Crippen molar-refractivity contribution >= 4 is 17.8 Å². The monoisotopic (exact) mass is 358 g/mol. The molecule has 1 saturated heterocycles. The number of rotatable bonds is 4. The molecule has 3 rings (SSSR count). The molecule has 0 radical (unpaired) electrons. The zero-order valence-electron chi connectivity index (χ0n) is 14.3. The smallest absolute Gasteiger partial charge is 0.335 e. The van der Waals surface area contributed by atoms with E-state index >= 15 is 0 Å². The summed E-state index contributed by atoms with van der Waals surface area (Å²) in [5, 5.41) is 12.3. The van der Waals surface area contributed by atoms with Crippen LogP contribution in [-0.4, -0.2) is 51.0 Å². The Morgan fingerprint density at radius 1 is 1.31 bits per heavy atom. The molecule has 7 nitrogen and oxygen atoms in total. The summed E-state index contributed by atoms with van der Waals surface area (Å²) >= 11 is 0. The van der Waals surface area contributed by atoms with E-state index in [2.05, 4.69) is 15.3 Å². The lowest BCUT2D eigenvalue weighted by atomic mass is 10.1. The van der Waals surface area contributed by atoms with Gasteiger partial charge in [0.05, 0.1) is 11.8 Å². The number of likely N-dealkylation sites (tertiary alicyclic amines) is 1. The molecule has 0 atom stereocenters. The fourth-order valence-corrected chi connectivity index (χ4v) is 2.96. The van der Waals surface area contributed by atoms with Gasteiger partial charge in [-0.15, -0.1) is 0 Å². The second kappa shape index (κ2) is 7.47. The van der Waals surface area contributed by atoms with Gasteiger partial charge in [-0.05, 0) is 25.0 Å². The lowest BCUT2D eigenvalue weighted by Crippen LogP contribution is -2.41. The van der Waals surface area contributed by atoms with E-state index in [1.54, 1.807) is 24.0 Å². The normalized spacial score (nSPS) is 14.9. The average Bonchev–Trinajstić information content (AvgIpc) is 2.64. The van der Waals surface area contributed by atoms with Gasteiger partial charge in [0.2, 0.25) is 11.9 Å². The molecule has 8 heteroatoms. The van der Waals surface area contributed by atoms with E-state index in [0.29, 0.717) is 18.7 Å². The summed E-state index contributed by atoms with van der Waals surface area (Å²) in [7, 11) is 0. The highest BCUT2D eigenvalue weighted by Gasteiger charge is 2.21. The fourth-order valence-electron chi connectivity index (χ4n) is 2.96. The van der Waals surface area contributed by atoms with E-state index in [0.717, 1.165) is 19.0 Å². The van der Waals surface area contributed by atoms with Crippen LogP contribution in [-0.2, 0) is 4.79 Å². The molecule has 1 aliphatic rings.